The zero-order valence-electron chi connectivity index (χ0n) is 13.8. The molecule has 2 rings (SSSR count). The Kier molecular flexibility index (Phi) is 6.36. The second-order valence-corrected chi connectivity index (χ2v) is 6.10. The average molecular weight is 342 g/mol. The number of carbonyl (C=O) groups excluding carboxylic acids is 1. The van der Waals surface area contributed by atoms with Crippen LogP contribution in [0, 0.1) is 11.3 Å². The maximum absolute atomic E-state index is 12.1. The number of aryl methyl sites for hydroxylation is 1. The monoisotopic (exact) mass is 341 g/mol. The quantitative estimate of drug-likeness (QED) is 0.868. The van der Waals surface area contributed by atoms with E-state index in [1.54, 1.807) is 18.2 Å². The molecule has 0 bridgehead atoms. The molecule has 5 heteroatoms. The van der Waals surface area contributed by atoms with Crippen molar-refractivity contribution < 1.29 is 4.79 Å². The lowest BCUT2D eigenvalue weighted by atomic mass is 10.1. The van der Waals surface area contributed by atoms with E-state index >= 15 is 0 Å². The standard InChI is InChI=1S/C19H20ClN3O/c1-3-14-4-6-15(7-5-14)12-23(2)13-19(24)22-17-9-8-16(11-21)18(20)10-17/h4-10H,3,12-13H2,1-2H3,(H,22,24). The number of amides is 1. The smallest absolute Gasteiger partial charge is 0.238 e. The molecule has 0 spiro atoms. The molecule has 0 saturated heterocycles. The van der Waals surface area contributed by atoms with E-state index < -0.39 is 0 Å². The third-order valence-corrected chi connectivity index (χ3v) is 3.98. The number of hydrogen-bond acceptors (Lipinski definition) is 3. The zero-order chi connectivity index (χ0) is 17.5. The van der Waals surface area contributed by atoms with Gasteiger partial charge in [0, 0.05) is 12.2 Å². The first-order valence-corrected chi connectivity index (χ1v) is 8.15. The summed E-state index contributed by atoms with van der Waals surface area (Å²) in [7, 11) is 1.90. The molecule has 4 nitrogen and oxygen atoms in total. The maximum Gasteiger partial charge on any atom is 0.238 e. The molecule has 0 unspecified atom stereocenters. The number of nitrogens with zero attached hydrogens (tertiary/aromatic N) is 2. The zero-order valence-corrected chi connectivity index (χ0v) is 14.6. The normalized spacial score (nSPS) is 10.5. The molecule has 24 heavy (non-hydrogen) atoms. The number of halogens is 1. The highest BCUT2D eigenvalue weighted by Gasteiger charge is 2.09. The third kappa shape index (κ3) is 5.09. The number of nitrogens with one attached hydrogen (secondary N) is 1. The predicted octanol–water partition coefficient (Wildman–Crippen LogP) is 3.84. The van der Waals surface area contributed by atoms with Crippen molar-refractivity contribution in [2.24, 2.45) is 0 Å². The Labute approximate surface area is 147 Å². The van der Waals surface area contributed by atoms with Gasteiger partial charge >= 0.3 is 0 Å². The van der Waals surface area contributed by atoms with Crippen molar-refractivity contribution in [3.8, 4) is 6.07 Å². The summed E-state index contributed by atoms with van der Waals surface area (Å²) in [4.78, 5) is 14.1. The number of carbonyl (C=O) groups is 1. The Morgan fingerprint density at radius 1 is 1.21 bits per heavy atom. The number of hydrogen-bond donors (Lipinski definition) is 1. The fraction of sp³-hybridized carbons (Fsp3) is 0.263. The molecule has 0 aliphatic heterocycles. The molecular weight excluding hydrogens is 322 g/mol. The molecule has 0 aliphatic carbocycles. The van der Waals surface area contributed by atoms with Crippen LogP contribution in [0.3, 0.4) is 0 Å². The van der Waals surface area contributed by atoms with Gasteiger partial charge in [-0.25, -0.2) is 0 Å². The van der Waals surface area contributed by atoms with Gasteiger partial charge in [-0.15, -0.1) is 0 Å². The highest BCUT2D eigenvalue weighted by Crippen LogP contribution is 2.20. The van der Waals surface area contributed by atoms with Crippen molar-refractivity contribution in [3.63, 3.8) is 0 Å². The van der Waals surface area contributed by atoms with Crippen molar-refractivity contribution in [2.75, 3.05) is 18.9 Å². The average Bonchev–Trinajstić information content (AvgIpc) is 2.55. The Hall–Kier alpha value is -2.35. The van der Waals surface area contributed by atoms with Crippen LogP contribution in [-0.4, -0.2) is 24.4 Å². The van der Waals surface area contributed by atoms with E-state index in [1.165, 1.54) is 11.1 Å². The minimum Gasteiger partial charge on any atom is -0.325 e. The number of rotatable bonds is 6. The fourth-order valence-electron chi connectivity index (χ4n) is 2.38. The topological polar surface area (TPSA) is 56.1 Å². The molecule has 1 amide bonds. The van der Waals surface area contributed by atoms with Crippen molar-refractivity contribution in [2.45, 2.75) is 19.9 Å². The predicted molar refractivity (Wildman–Crippen MR) is 97.0 cm³/mol. The summed E-state index contributed by atoms with van der Waals surface area (Å²) < 4.78 is 0. The molecular formula is C19H20ClN3O. The molecule has 0 fully saturated rings. The Morgan fingerprint density at radius 3 is 2.46 bits per heavy atom. The van der Waals surface area contributed by atoms with Gasteiger partial charge in [0.15, 0.2) is 0 Å². The van der Waals surface area contributed by atoms with Gasteiger partial charge in [0.05, 0.1) is 17.1 Å². The van der Waals surface area contributed by atoms with Gasteiger partial charge in [0.2, 0.25) is 5.91 Å². The van der Waals surface area contributed by atoms with Crippen molar-refractivity contribution in [1.82, 2.24) is 4.90 Å². The van der Waals surface area contributed by atoms with E-state index in [0.29, 0.717) is 22.8 Å². The summed E-state index contributed by atoms with van der Waals surface area (Å²) in [6, 6.07) is 15.2. The fourth-order valence-corrected chi connectivity index (χ4v) is 2.60. The molecule has 0 atom stereocenters. The SMILES string of the molecule is CCc1ccc(CN(C)CC(=O)Nc2ccc(C#N)c(Cl)c2)cc1. The first-order chi connectivity index (χ1) is 11.5. The van der Waals surface area contributed by atoms with E-state index in [4.69, 9.17) is 16.9 Å². The van der Waals surface area contributed by atoms with Gasteiger partial charge in [-0.1, -0.05) is 42.8 Å². The molecule has 0 aromatic heterocycles. The molecule has 1 N–H and O–H groups in total. The minimum absolute atomic E-state index is 0.122. The summed E-state index contributed by atoms with van der Waals surface area (Å²) in [6.07, 6.45) is 1.02. The first-order valence-electron chi connectivity index (χ1n) is 7.77. The van der Waals surface area contributed by atoms with Crippen LogP contribution in [0.5, 0.6) is 0 Å². The van der Waals surface area contributed by atoms with Gasteiger partial charge in [0.25, 0.3) is 0 Å². The van der Waals surface area contributed by atoms with Gasteiger partial charge in [-0.05, 0) is 42.8 Å². The van der Waals surface area contributed by atoms with E-state index in [-0.39, 0.29) is 12.5 Å². The summed E-state index contributed by atoms with van der Waals surface area (Å²) in [5.41, 5.74) is 3.45. The lowest BCUT2D eigenvalue weighted by Gasteiger charge is -2.16. The number of nitriles is 1. The number of likely N-dealkylation sites (N-methyl/N-ethyl adjacent to an activating group) is 1. The first kappa shape index (κ1) is 18.0. The number of benzene rings is 2. The minimum atomic E-state index is -0.122. The molecule has 0 radical (unpaired) electrons. The third-order valence-electron chi connectivity index (χ3n) is 3.67. The van der Waals surface area contributed by atoms with E-state index in [9.17, 15) is 4.79 Å². The molecule has 0 saturated carbocycles. The van der Waals surface area contributed by atoms with Crippen LogP contribution in [0.4, 0.5) is 5.69 Å². The summed E-state index contributed by atoms with van der Waals surface area (Å²) in [5, 5.41) is 12.0. The number of anilines is 1. The highest BCUT2D eigenvalue weighted by molar-refractivity contribution is 6.32. The van der Waals surface area contributed by atoms with Crippen LogP contribution in [0.25, 0.3) is 0 Å². The van der Waals surface area contributed by atoms with Crippen LogP contribution in [-0.2, 0) is 17.8 Å². The molecule has 0 heterocycles. The summed E-state index contributed by atoms with van der Waals surface area (Å²) in [6.45, 7) is 3.10. The second-order valence-electron chi connectivity index (χ2n) is 5.70. The molecule has 0 aliphatic rings. The van der Waals surface area contributed by atoms with Crippen LogP contribution in [0.2, 0.25) is 5.02 Å². The maximum atomic E-state index is 12.1. The van der Waals surface area contributed by atoms with Gasteiger partial charge < -0.3 is 5.32 Å². The van der Waals surface area contributed by atoms with Crippen molar-refractivity contribution in [1.29, 1.82) is 5.26 Å². The Balaban J connectivity index is 1.89. The Morgan fingerprint density at radius 2 is 1.88 bits per heavy atom. The largest absolute Gasteiger partial charge is 0.325 e. The van der Waals surface area contributed by atoms with Gasteiger partial charge in [-0.3, -0.25) is 9.69 Å². The van der Waals surface area contributed by atoms with Gasteiger partial charge in [0.1, 0.15) is 6.07 Å². The molecule has 2 aromatic carbocycles. The van der Waals surface area contributed by atoms with Crippen molar-refractivity contribution >= 4 is 23.2 Å². The second kappa shape index (κ2) is 8.49. The summed E-state index contributed by atoms with van der Waals surface area (Å²) >= 11 is 5.97. The van der Waals surface area contributed by atoms with Crippen molar-refractivity contribution in [3.05, 3.63) is 64.2 Å². The van der Waals surface area contributed by atoms with Crippen LogP contribution in [0.15, 0.2) is 42.5 Å². The molecule has 2 aromatic rings. The highest BCUT2D eigenvalue weighted by atomic mass is 35.5. The van der Waals surface area contributed by atoms with Crippen LogP contribution < -0.4 is 5.32 Å². The lowest BCUT2D eigenvalue weighted by Crippen LogP contribution is -2.29. The van der Waals surface area contributed by atoms with E-state index in [0.717, 1.165) is 6.42 Å². The summed E-state index contributed by atoms with van der Waals surface area (Å²) in [5.74, 6) is -0.122. The Bertz CT molecular complexity index is 750. The molecule has 124 valence electrons. The van der Waals surface area contributed by atoms with Gasteiger partial charge in [-0.2, -0.15) is 5.26 Å². The van der Waals surface area contributed by atoms with E-state index in [2.05, 4.69) is 36.5 Å². The van der Waals surface area contributed by atoms with Crippen LogP contribution in [0.1, 0.15) is 23.6 Å². The van der Waals surface area contributed by atoms with Crippen LogP contribution >= 0.6 is 11.6 Å². The lowest BCUT2D eigenvalue weighted by molar-refractivity contribution is -0.117. The van der Waals surface area contributed by atoms with E-state index in [1.807, 2.05) is 18.0 Å².